The first-order valence-corrected chi connectivity index (χ1v) is 7.70. The fourth-order valence-electron chi connectivity index (χ4n) is 2.80. The van der Waals surface area contributed by atoms with E-state index in [1.165, 1.54) is 10.5 Å². The fourth-order valence-corrected chi connectivity index (χ4v) is 4.08. The third-order valence-corrected chi connectivity index (χ3v) is 5.06. The number of furan rings is 1. The zero-order valence-electron chi connectivity index (χ0n) is 10.8. The molecule has 0 bridgehead atoms. The van der Waals surface area contributed by atoms with Crippen molar-refractivity contribution in [1.29, 1.82) is 0 Å². The molecule has 2 heterocycles. The van der Waals surface area contributed by atoms with Crippen LogP contribution in [0.5, 0.6) is 0 Å². The van der Waals surface area contributed by atoms with Gasteiger partial charge in [0.25, 0.3) is 0 Å². The van der Waals surface area contributed by atoms with Gasteiger partial charge in [-0.1, -0.05) is 36.4 Å². The van der Waals surface area contributed by atoms with Gasteiger partial charge in [-0.15, -0.1) is 11.8 Å². The Morgan fingerprint density at radius 2 is 1.90 bits per heavy atom. The molecule has 2 aromatic carbocycles. The second-order valence-electron chi connectivity index (χ2n) is 5.09. The maximum Gasteiger partial charge on any atom is 0.134 e. The number of benzene rings is 2. The summed E-state index contributed by atoms with van der Waals surface area (Å²) in [5.74, 6) is 1.67. The summed E-state index contributed by atoms with van der Waals surface area (Å²) in [6, 6.07) is 18.1. The Morgan fingerprint density at radius 3 is 2.80 bits per heavy atom. The Labute approximate surface area is 121 Å². The lowest BCUT2D eigenvalue weighted by atomic mass is 9.94. The van der Waals surface area contributed by atoms with Gasteiger partial charge < -0.3 is 9.52 Å². The Kier molecular flexibility index (Phi) is 2.83. The van der Waals surface area contributed by atoms with Gasteiger partial charge in [0.1, 0.15) is 17.4 Å². The third-order valence-electron chi connectivity index (χ3n) is 3.85. The van der Waals surface area contributed by atoms with E-state index in [1.54, 1.807) is 11.8 Å². The van der Waals surface area contributed by atoms with Crippen molar-refractivity contribution in [2.75, 3.05) is 5.75 Å². The van der Waals surface area contributed by atoms with Gasteiger partial charge in [-0.2, -0.15) is 0 Å². The Hall–Kier alpha value is -1.71. The molecule has 0 amide bonds. The number of thioether (sulfide) groups is 1. The Morgan fingerprint density at radius 1 is 1.10 bits per heavy atom. The van der Waals surface area contributed by atoms with Crippen molar-refractivity contribution in [2.24, 2.45) is 0 Å². The molecule has 3 aromatic rings. The molecule has 3 heteroatoms. The first-order valence-electron chi connectivity index (χ1n) is 6.71. The lowest BCUT2D eigenvalue weighted by Crippen LogP contribution is -2.09. The summed E-state index contributed by atoms with van der Waals surface area (Å²) in [6.07, 6.45) is -0.585. The fraction of sp³-hybridized carbons (Fsp3) is 0.176. The molecule has 0 spiro atoms. The summed E-state index contributed by atoms with van der Waals surface area (Å²) in [5, 5.41) is 11.7. The van der Waals surface area contributed by atoms with Crippen LogP contribution in [0.3, 0.4) is 0 Å². The van der Waals surface area contributed by atoms with Gasteiger partial charge in [-0.05, 0) is 23.8 Å². The summed E-state index contributed by atoms with van der Waals surface area (Å²) in [7, 11) is 0. The van der Waals surface area contributed by atoms with Gasteiger partial charge in [0.15, 0.2) is 0 Å². The van der Waals surface area contributed by atoms with E-state index in [0.29, 0.717) is 5.76 Å². The summed E-state index contributed by atoms with van der Waals surface area (Å²) < 4.78 is 5.80. The lowest BCUT2D eigenvalue weighted by Gasteiger charge is -2.16. The number of aliphatic hydroxyl groups is 1. The molecular formula is C17H14O2S. The minimum atomic E-state index is -0.585. The maximum atomic E-state index is 10.7. The molecule has 2 nitrogen and oxygen atoms in total. The molecule has 1 aliphatic rings. The molecule has 1 N–H and O–H groups in total. The van der Waals surface area contributed by atoms with E-state index in [1.807, 2.05) is 42.5 Å². The van der Waals surface area contributed by atoms with Crippen LogP contribution in [-0.2, 0) is 0 Å². The highest BCUT2D eigenvalue weighted by molar-refractivity contribution is 7.99. The SMILES string of the molecule is OC(c1cc2ccccc2o1)C1CSc2ccccc21. The molecule has 0 aliphatic carbocycles. The number of rotatable bonds is 2. The van der Waals surface area contributed by atoms with Crippen LogP contribution in [0.2, 0.25) is 0 Å². The number of hydrogen-bond acceptors (Lipinski definition) is 3. The van der Waals surface area contributed by atoms with Gasteiger partial charge in [-0.3, -0.25) is 0 Å². The van der Waals surface area contributed by atoms with Gasteiger partial charge in [0.05, 0.1) is 0 Å². The van der Waals surface area contributed by atoms with Crippen molar-refractivity contribution in [1.82, 2.24) is 0 Å². The van der Waals surface area contributed by atoms with E-state index in [0.717, 1.165) is 16.7 Å². The normalized spacial score (nSPS) is 19.1. The molecule has 4 rings (SSSR count). The summed E-state index contributed by atoms with van der Waals surface area (Å²) in [4.78, 5) is 1.27. The molecule has 2 atom stereocenters. The molecular weight excluding hydrogens is 268 g/mol. The minimum absolute atomic E-state index is 0.108. The van der Waals surface area contributed by atoms with E-state index in [2.05, 4.69) is 12.1 Å². The van der Waals surface area contributed by atoms with Crippen molar-refractivity contribution >= 4 is 22.7 Å². The smallest absolute Gasteiger partial charge is 0.134 e. The standard InChI is InChI=1S/C17H14O2S/c18-17(13-10-20-16-8-4-2-6-12(13)16)15-9-11-5-1-3-7-14(11)19-15/h1-9,13,17-18H,10H2. The van der Waals surface area contributed by atoms with Crippen LogP contribution >= 0.6 is 11.8 Å². The average molecular weight is 282 g/mol. The van der Waals surface area contributed by atoms with Crippen LogP contribution in [0.25, 0.3) is 11.0 Å². The summed E-state index contributed by atoms with van der Waals surface area (Å²) in [6.45, 7) is 0. The number of aliphatic hydroxyl groups excluding tert-OH is 1. The van der Waals surface area contributed by atoms with Gasteiger partial charge in [0.2, 0.25) is 0 Å². The topological polar surface area (TPSA) is 33.4 Å². The predicted molar refractivity (Wildman–Crippen MR) is 81.1 cm³/mol. The number of para-hydroxylation sites is 1. The lowest BCUT2D eigenvalue weighted by molar-refractivity contribution is 0.130. The highest BCUT2D eigenvalue weighted by Crippen LogP contribution is 2.46. The van der Waals surface area contributed by atoms with E-state index < -0.39 is 6.10 Å². The van der Waals surface area contributed by atoms with Gasteiger partial charge >= 0.3 is 0 Å². The highest BCUT2D eigenvalue weighted by Gasteiger charge is 2.31. The molecule has 20 heavy (non-hydrogen) atoms. The molecule has 1 aromatic heterocycles. The van der Waals surface area contributed by atoms with Crippen molar-refractivity contribution in [3.8, 4) is 0 Å². The summed E-state index contributed by atoms with van der Waals surface area (Å²) in [5.41, 5.74) is 2.06. The van der Waals surface area contributed by atoms with E-state index in [9.17, 15) is 5.11 Å². The van der Waals surface area contributed by atoms with Crippen molar-refractivity contribution in [3.63, 3.8) is 0 Å². The van der Waals surface area contributed by atoms with Crippen LogP contribution in [0, 0.1) is 0 Å². The average Bonchev–Trinajstić information content (AvgIpc) is 3.10. The zero-order chi connectivity index (χ0) is 13.5. The summed E-state index contributed by atoms with van der Waals surface area (Å²) >= 11 is 1.80. The Bertz CT molecular complexity index is 729. The third kappa shape index (κ3) is 1.86. The minimum Gasteiger partial charge on any atom is -0.458 e. The van der Waals surface area contributed by atoms with E-state index in [4.69, 9.17) is 4.42 Å². The maximum absolute atomic E-state index is 10.7. The zero-order valence-corrected chi connectivity index (χ0v) is 11.6. The first kappa shape index (κ1) is 12.1. The quantitative estimate of drug-likeness (QED) is 0.758. The van der Waals surface area contributed by atoms with Crippen LogP contribution in [0.15, 0.2) is 63.9 Å². The van der Waals surface area contributed by atoms with Crippen LogP contribution in [0.1, 0.15) is 23.3 Å². The molecule has 0 saturated carbocycles. The molecule has 0 radical (unpaired) electrons. The predicted octanol–water partition coefficient (Wildman–Crippen LogP) is 4.36. The second-order valence-corrected chi connectivity index (χ2v) is 6.15. The molecule has 1 aliphatic heterocycles. The molecule has 0 fully saturated rings. The van der Waals surface area contributed by atoms with Crippen molar-refractivity contribution in [3.05, 3.63) is 65.9 Å². The van der Waals surface area contributed by atoms with Gasteiger partial charge in [-0.25, -0.2) is 0 Å². The Balaban J connectivity index is 1.72. The molecule has 100 valence electrons. The number of hydrogen-bond donors (Lipinski definition) is 1. The van der Waals surface area contributed by atoms with Gasteiger partial charge in [0, 0.05) is 22.0 Å². The van der Waals surface area contributed by atoms with Crippen LogP contribution < -0.4 is 0 Å². The van der Waals surface area contributed by atoms with Crippen molar-refractivity contribution < 1.29 is 9.52 Å². The second kappa shape index (κ2) is 4.69. The van der Waals surface area contributed by atoms with E-state index in [-0.39, 0.29) is 5.92 Å². The van der Waals surface area contributed by atoms with Crippen molar-refractivity contribution in [2.45, 2.75) is 16.9 Å². The first-order chi connectivity index (χ1) is 9.83. The molecule has 2 unspecified atom stereocenters. The highest BCUT2D eigenvalue weighted by atomic mass is 32.2. The molecule has 0 saturated heterocycles. The van der Waals surface area contributed by atoms with Crippen LogP contribution in [-0.4, -0.2) is 10.9 Å². The largest absolute Gasteiger partial charge is 0.458 e. The monoisotopic (exact) mass is 282 g/mol. The van der Waals surface area contributed by atoms with Crippen LogP contribution in [0.4, 0.5) is 0 Å². The number of fused-ring (bicyclic) bond motifs is 2. The van der Waals surface area contributed by atoms with E-state index >= 15 is 0 Å².